The van der Waals surface area contributed by atoms with Crippen molar-refractivity contribution >= 4 is 11.3 Å². The molecular formula is C20H19NO2. The molecule has 0 heterocycles. The molecule has 0 N–H and O–H groups in total. The summed E-state index contributed by atoms with van der Waals surface area (Å²) >= 11 is 0. The lowest BCUT2D eigenvalue weighted by molar-refractivity contribution is -0.384. The standard InChI is InChI=1S/C20H19NO2/c22-21(23)19-13-11-18(12-14-19)20(17-9-5-2-6-10-17)15-16-7-3-1-4-8-16/h2,5-6,9-14H,1,3-4,7-8H2. The maximum absolute atomic E-state index is 10.8. The Morgan fingerprint density at radius 2 is 1.48 bits per heavy atom. The molecule has 116 valence electrons. The van der Waals surface area contributed by atoms with Crippen molar-refractivity contribution < 1.29 is 4.92 Å². The van der Waals surface area contributed by atoms with Crippen molar-refractivity contribution in [1.82, 2.24) is 0 Å². The molecule has 0 radical (unpaired) electrons. The number of hydrogen-bond donors (Lipinski definition) is 0. The van der Waals surface area contributed by atoms with Gasteiger partial charge >= 0.3 is 0 Å². The van der Waals surface area contributed by atoms with Gasteiger partial charge in [-0.25, -0.2) is 0 Å². The highest BCUT2D eigenvalue weighted by molar-refractivity contribution is 5.79. The molecule has 0 aliphatic heterocycles. The van der Waals surface area contributed by atoms with E-state index < -0.39 is 0 Å². The fourth-order valence-corrected chi connectivity index (χ4v) is 2.95. The lowest BCUT2D eigenvalue weighted by Crippen LogP contribution is -1.94. The normalized spacial score (nSPS) is 14.2. The van der Waals surface area contributed by atoms with Crippen LogP contribution in [0.4, 0.5) is 5.69 Å². The average Bonchev–Trinajstić information content (AvgIpc) is 2.61. The fraction of sp³-hybridized carbons (Fsp3) is 0.250. The van der Waals surface area contributed by atoms with Crippen molar-refractivity contribution in [2.24, 2.45) is 0 Å². The third-order valence-corrected chi connectivity index (χ3v) is 4.19. The first-order valence-corrected chi connectivity index (χ1v) is 8.03. The summed E-state index contributed by atoms with van der Waals surface area (Å²) in [6, 6.07) is 16.9. The van der Waals surface area contributed by atoms with Gasteiger partial charge in [-0.05, 0) is 54.5 Å². The average molecular weight is 305 g/mol. The van der Waals surface area contributed by atoms with Crippen molar-refractivity contribution in [2.75, 3.05) is 0 Å². The Morgan fingerprint density at radius 1 is 0.870 bits per heavy atom. The predicted octanol–water partition coefficient (Wildman–Crippen LogP) is 5.52. The molecule has 0 saturated heterocycles. The maximum Gasteiger partial charge on any atom is 0.269 e. The van der Waals surface area contributed by atoms with Gasteiger partial charge in [0.25, 0.3) is 5.69 Å². The van der Waals surface area contributed by atoms with E-state index in [-0.39, 0.29) is 10.6 Å². The molecule has 0 amide bonds. The molecule has 0 aromatic heterocycles. The highest BCUT2D eigenvalue weighted by atomic mass is 16.6. The Labute approximate surface area is 136 Å². The van der Waals surface area contributed by atoms with Crippen molar-refractivity contribution in [3.63, 3.8) is 0 Å². The largest absolute Gasteiger partial charge is 0.269 e. The molecule has 3 nitrogen and oxygen atoms in total. The molecule has 23 heavy (non-hydrogen) atoms. The molecule has 2 aromatic carbocycles. The van der Waals surface area contributed by atoms with E-state index in [4.69, 9.17) is 0 Å². The monoisotopic (exact) mass is 305 g/mol. The van der Waals surface area contributed by atoms with E-state index in [1.807, 2.05) is 30.3 Å². The van der Waals surface area contributed by atoms with E-state index in [1.54, 1.807) is 12.1 Å². The summed E-state index contributed by atoms with van der Waals surface area (Å²) in [7, 11) is 0. The molecule has 3 rings (SSSR count). The van der Waals surface area contributed by atoms with Gasteiger partial charge in [0.15, 0.2) is 0 Å². The second-order valence-corrected chi connectivity index (χ2v) is 5.83. The van der Waals surface area contributed by atoms with Crippen LogP contribution in [0.15, 0.2) is 65.9 Å². The maximum atomic E-state index is 10.8. The molecule has 2 aromatic rings. The van der Waals surface area contributed by atoms with Gasteiger partial charge in [-0.1, -0.05) is 36.8 Å². The van der Waals surface area contributed by atoms with Crippen LogP contribution in [-0.4, -0.2) is 4.92 Å². The zero-order valence-electron chi connectivity index (χ0n) is 13.0. The van der Waals surface area contributed by atoms with Crippen LogP contribution in [0.2, 0.25) is 0 Å². The van der Waals surface area contributed by atoms with Crippen LogP contribution in [0.25, 0.3) is 5.57 Å². The molecule has 0 spiro atoms. The molecular weight excluding hydrogens is 286 g/mol. The topological polar surface area (TPSA) is 43.1 Å². The smallest absolute Gasteiger partial charge is 0.258 e. The van der Waals surface area contributed by atoms with Gasteiger partial charge in [0, 0.05) is 17.7 Å². The predicted molar refractivity (Wildman–Crippen MR) is 92.2 cm³/mol. The second kappa shape index (κ2) is 7.08. The highest BCUT2D eigenvalue weighted by Gasteiger charge is 2.10. The van der Waals surface area contributed by atoms with Crippen LogP contribution >= 0.6 is 0 Å². The van der Waals surface area contributed by atoms with Gasteiger partial charge in [-0.15, -0.1) is 5.73 Å². The van der Waals surface area contributed by atoms with Crippen LogP contribution < -0.4 is 0 Å². The van der Waals surface area contributed by atoms with Crippen molar-refractivity contribution in [3.05, 3.63) is 87.1 Å². The summed E-state index contributed by atoms with van der Waals surface area (Å²) in [6.45, 7) is 0. The Hall–Kier alpha value is -2.64. The second-order valence-electron chi connectivity index (χ2n) is 5.83. The minimum absolute atomic E-state index is 0.117. The van der Waals surface area contributed by atoms with Crippen LogP contribution in [0.3, 0.4) is 0 Å². The molecule has 0 bridgehead atoms. The van der Waals surface area contributed by atoms with Crippen LogP contribution in [0.5, 0.6) is 0 Å². The Kier molecular flexibility index (Phi) is 4.70. The van der Waals surface area contributed by atoms with Crippen LogP contribution in [-0.2, 0) is 0 Å². The minimum Gasteiger partial charge on any atom is -0.258 e. The lowest BCUT2D eigenvalue weighted by atomic mass is 9.92. The molecule has 1 aliphatic carbocycles. The third-order valence-electron chi connectivity index (χ3n) is 4.19. The first kappa shape index (κ1) is 15.3. The summed E-state index contributed by atoms with van der Waals surface area (Å²) in [4.78, 5) is 10.5. The number of hydrogen-bond acceptors (Lipinski definition) is 2. The van der Waals surface area contributed by atoms with Crippen molar-refractivity contribution in [3.8, 4) is 0 Å². The van der Waals surface area contributed by atoms with E-state index in [1.165, 1.54) is 24.8 Å². The molecule has 0 atom stereocenters. The number of non-ortho nitro benzene ring substituents is 1. The first-order chi connectivity index (χ1) is 11.2. The molecule has 1 fully saturated rings. The summed E-state index contributed by atoms with van der Waals surface area (Å²) in [5.74, 6) is 0. The zero-order chi connectivity index (χ0) is 16.1. The van der Waals surface area contributed by atoms with E-state index in [0.29, 0.717) is 0 Å². The van der Waals surface area contributed by atoms with Gasteiger partial charge in [-0.3, -0.25) is 10.1 Å². The SMILES string of the molecule is O=[N+]([O-])c1ccc(C(=C=C2CCCCC2)c2ccccc2)cc1. The third kappa shape index (κ3) is 3.77. The van der Waals surface area contributed by atoms with Gasteiger partial charge < -0.3 is 0 Å². The minimum atomic E-state index is -0.366. The van der Waals surface area contributed by atoms with E-state index in [2.05, 4.69) is 17.9 Å². The zero-order valence-corrected chi connectivity index (χ0v) is 13.0. The Morgan fingerprint density at radius 3 is 2.09 bits per heavy atom. The Bertz CT molecular complexity index is 746. The number of nitrogens with zero attached hydrogens (tertiary/aromatic N) is 1. The van der Waals surface area contributed by atoms with Crippen molar-refractivity contribution in [1.29, 1.82) is 0 Å². The summed E-state index contributed by atoms with van der Waals surface area (Å²) in [5.41, 5.74) is 8.17. The van der Waals surface area contributed by atoms with Crippen LogP contribution in [0.1, 0.15) is 43.2 Å². The molecule has 1 saturated carbocycles. The highest BCUT2D eigenvalue weighted by Crippen LogP contribution is 2.28. The number of allylic oxidation sites excluding steroid dienone is 1. The molecule has 1 aliphatic rings. The van der Waals surface area contributed by atoms with Crippen LogP contribution in [0, 0.1) is 10.1 Å². The van der Waals surface area contributed by atoms with Gasteiger partial charge in [0.05, 0.1) is 4.92 Å². The van der Waals surface area contributed by atoms with E-state index in [0.717, 1.165) is 29.5 Å². The van der Waals surface area contributed by atoms with E-state index >= 15 is 0 Å². The number of nitro groups is 1. The number of benzene rings is 2. The Balaban J connectivity index is 2.08. The quantitative estimate of drug-likeness (QED) is 0.426. The first-order valence-electron chi connectivity index (χ1n) is 8.03. The summed E-state index contributed by atoms with van der Waals surface area (Å²) < 4.78 is 0. The van der Waals surface area contributed by atoms with Gasteiger partial charge in [0.1, 0.15) is 0 Å². The summed E-state index contributed by atoms with van der Waals surface area (Å²) in [6.07, 6.45) is 5.95. The van der Waals surface area contributed by atoms with Crippen molar-refractivity contribution in [2.45, 2.75) is 32.1 Å². The lowest BCUT2D eigenvalue weighted by Gasteiger charge is -2.12. The molecule has 3 heteroatoms. The number of rotatable bonds is 3. The number of nitro benzene ring substituents is 1. The fourth-order valence-electron chi connectivity index (χ4n) is 2.95. The summed E-state index contributed by atoms with van der Waals surface area (Å²) in [5, 5.41) is 10.8. The van der Waals surface area contributed by atoms with Gasteiger partial charge in [0.2, 0.25) is 0 Å². The van der Waals surface area contributed by atoms with E-state index in [9.17, 15) is 10.1 Å². The van der Waals surface area contributed by atoms with Gasteiger partial charge in [-0.2, -0.15) is 0 Å². The molecule has 0 unspecified atom stereocenters.